The van der Waals surface area contributed by atoms with Crippen molar-refractivity contribution in [1.29, 1.82) is 0 Å². The zero-order valence-electron chi connectivity index (χ0n) is 12.5. The maximum atomic E-state index is 13.4. The summed E-state index contributed by atoms with van der Waals surface area (Å²) >= 11 is 0. The maximum absolute atomic E-state index is 13.4. The van der Waals surface area contributed by atoms with E-state index >= 15 is 0 Å². The third kappa shape index (κ3) is 3.60. The van der Waals surface area contributed by atoms with Crippen LogP contribution >= 0.6 is 0 Å². The van der Waals surface area contributed by atoms with E-state index in [1.54, 1.807) is 0 Å². The molecule has 0 atom stereocenters. The van der Waals surface area contributed by atoms with Gasteiger partial charge < -0.3 is 4.74 Å². The van der Waals surface area contributed by atoms with E-state index in [1.165, 1.54) is 23.3 Å². The molecule has 0 aliphatic carbocycles. The van der Waals surface area contributed by atoms with Gasteiger partial charge in [-0.2, -0.15) is 0 Å². The molecular weight excluding hydrogens is 251 g/mol. The van der Waals surface area contributed by atoms with E-state index in [2.05, 4.69) is 26.8 Å². The first-order valence-corrected chi connectivity index (χ1v) is 6.99. The quantitative estimate of drug-likeness (QED) is 0.720. The van der Waals surface area contributed by atoms with Gasteiger partial charge in [0.1, 0.15) is 17.3 Å². The van der Waals surface area contributed by atoms with Crippen LogP contribution in [0, 0.1) is 25.6 Å². The summed E-state index contributed by atoms with van der Waals surface area (Å²) in [6, 6.07) is 10.8. The Hall–Kier alpha value is -1.83. The smallest absolute Gasteiger partial charge is 0.130 e. The zero-order chi connectivity index (χ0) is 14.7. The first kappa shape index (κ1) is 14.6. The average molecular weight is 272 g/mol. The SMILES string of the molecule is Cc1cc(F)cc(Oc2cccc(C)c2CC(C)C)c1. The standard InChI is InChI=1S/C18H21FO/c1-12(2)8-17-14(4)6-5-7-18(17)20-16-10-13(3)9-15(19)11-16/h5-7,9-12H,8H2,1-4H3. The fourth-order valence-electron chi connectivity index (χ4n) is 2.33. The Labute approximate surface area is 120 Å². The third-order valence-electron chi connectivity index (χ3n) is 3.22. The van der Waals surface area contributed by atoms with Crippen molar-refractivity contribution in [3.63, 3.8) is 0 Å². The molecule has 0 fully saturated rings. The normalized spacial score (nSPS) is 10.9. The Bertz CT molecular complexity index is 582. The molecule has 0 bridgehead atoms. The van der Waals surface area contributed by atoms with Crippen LogP contribution in [-0.2, 0) is 6.42 Å². The molecule has 2 heteroatoms. The monoisotopic (exact) mass is 272 g/mol. The lowest BCUT2D eigenvalue weighted by molar-refractivity contribution is 0.464. The average Bonchev–Trinajstić information content (AvgIpc) is 2.32. The van der Waals surface area contributed by atoms with Gasteiger partial charge in [-0.15, -0.1) is 0 Å². The number of hydrogen-bond acceptors (Lipinski definition) is 1. The highest BCUT2D eigenvalue weighted by Gasteiger charge is 2.10. The Morgan fingerprint density at radius 1 is 1.10 bits per heavy atom. The molecule has 0 aliphatic heterocycles. The third-order valence-corrected chi connectivity index (χ3v) is 3.22. The van der Waals surface area contributed by atoms with Crippen molar-refractivity contribution in [2.75, 3.05) is 0 Å². The molecule has 0 amide bonds. The van der Waals surface area contributed by atoms with Crippen LogP contribution < -0.4 is 4.74 Å². The van der Waals surface area contributed by atoms with Crippen LogP contribution in [0.1, 0.15) is 30.5 Å². The van der Waals surface area contributed by atoms with Gasteiger partial charge >= 0.3 is 0 Å². The zero-order valence-corrected chi connectivity index (χ0v) is 12.5. The fraction of sp³-hybridized carbons (Fsp3) is 0.333. The first-order valence-electron chi connectivity index (χ1n) is 6.99. The van der Waals surface area contributed by atoms with E-state index in [9.17, 15) is 4.39 Å². The van der Waals surface area contributed by atoms with Gasteiger partial charge in [-0.25, -0.2) is 4.39 Å². The van der Waals surface area contributed by atoms with E-state index in [-0.39, 0.29) is 5.82 Å². The summed E-state index contributed by atoms with van der Waals surface area (Å²) in [4.78, 5) is 0. The molecule has 1 nitrogen and oxygen atoms in total. The number of benzene rings is 2. The Morgan fingerprint density at radius 2 is 1.85 bits per heavy atom. The van der Waals surface area contributed by atoms with E-state index in [1.807, 2.05) is 25.1 Å². The molecule has 0 N–H and O–H groups in total. The predicted molar refractivity (Wildman–Crippen MR) is 80.9 cm³/mol. The lowest BCUT2D eigenvalue weighted by atomic mass is 9.98. The van der Waals surface area contributed by atoms with E-state index in [0.29, 0.717) is 11.7 Å². The molecule has 0 heterocycles. The minimum absolute atomic E-state index is 0.266. The number of hydrogen-bond donors (Lipinski definition) is 0. The number of halogens is 1. The second kappa shape index (κ2) is 6.08. The number of rotatable bonds is 4. The molecule has 0 saturated carbocycles. The molecule has 2 aromatic carbocycles. The van der Waals surface area contributed by atoms with Gasteiger partial charge in [0.15, 0.2) is 0 Å². The molecular formula is C18H21FO. The number of ether oxygens (including phenoxy) is 1. The fourth-order valence-corrected chi connectivity index (χ4v) is 2.33. The van der Waals surface area contributed by atoms with Gasteiger partial charge in [-0.3, -0.25) is 0 Å². The highest BCUT2D eigenvalue weighted by Crippen LogP contribution is 2.30. The van der Waals surface area contributed by atoms with Crippen LogP contribution in [-0.4, -0.2) is 0 Å². The van der Waals surface area contributed by atoms with Crippen molar-refractivity contribution in [2.24, 2.45) is 5.92 Å². The van der Waals surface area contributed by atoms with Gasteiger partial charge in [0.25, 0.3) is 0 Å². The summed E-state index contributed by atoms with van der Waals surface area (Å²) in [5.41, 5.74) is 3.27. The van der Waals surface area contributed by atoms with Crippen LogP contribution in [0.4, 0.5) is 4.39 Å². The van der Waals surface area contributed by atoms with Crippen molar-refractivity contribution in [3.05, 3.63) is 58.9 Å². The van der Waals surface area contributed by atoms with E-state index in [0.717, 1.165) is 17.7 Å². The summed E-state index contributed by atoms with van der Waals surface area (Å²) in [7, 11) is 0. The van der Waals surface area contributed by atoms with Gasteiger partial charge in [0, 0.05) is 6.07 Å². The second-order valence-electron chi connectivity index (χ2n) is 5.72. The molecule has 20 heavy (non-hydrogen) atoms. The summed E-state index contributed by atoms with van der Waals surface area (Å²) in [5.74, 6) is 1.66. The van der Waals surface area contributed by atoms with Gasteiger partial charge in [0.05, 0.1) is 0 Å². The molecule has 0 unspecified atom stereocenters. The summed E-state index contributed by atoms with van der Waals surface area (Å²) in [5, 5.41) is 0. The highest BCUT2D eigenvalue weighted by molar-refractivity contribution is 5.43. The summed E-state index contributed by atoms with van der Waals surface area (Å²) < 4.78 is 19.4. The summed E-state index contributed by atoms with van der Waals surface area (Å²) in [6.07, 6.45) is 0.955. The first-order chi connectivity index (χ1) is 9.45. The Kier molecular flexibility index (Phi) is 4.43. The second-order valence-corrected chi connectivity index (χ2v) is 5.72. The largest absolute Gasteiger partial charge is 0.457 e. The van der Waals surface area contributed by atoms with Gasteiger partial charge in [-0.05, 0) is 61.1 Å². The van der Waals surface area contributed by atoms with Crippen LogP contribution in [0.2, 0.25) is 0 Å². The van der Waals surface area contributed by atoms with Crippen molar-refractivity contribution >= 4 is 0 Å². The van der Waals surface area contributed by atoms with Crippen molar-refractivity contribution in [1.82, 2.24) is 0 Å². The lowest BCUT2D eigenvalue weighted by Crippen LogP contribution is -2.00. The van der Waals surface area contributed by atoms with Crippen molar-refractivity contribution < 1.29 is 9.13 Å². The van der Waals surface area contributed by atoms with Crippen molar-refractivity contribution in [2.45, 2.75) is 34.1 Å². The number of aryl methyl sites for hydroxylation is 2. The van der Waals surface area contributed by atoms with Gasteiger partial charge in [-0.1, -0.05) is 26.0 Å². The van der Waals surface area contributed by atoms with Crippen LogP contribution in [0.25, 0.3) is 0 Å². The maximum Gasteiger partial charge on any atom is 0.130 e. The van der Waals surface area contributed by atoms with E-state index in [4.69, 9.17) is 4.74 Å². The van der Waals surface area contributed by atoms with Crippen LogP contribution in [0.5, 0.6) is 11.5 Å². The molecule has 2 rings (SSSR count). The molecule has 0 saturated heterocycles. The summed E-state index contributed by atoms with van der Waals surface area (Å²) in [6.45, 7) is 8.31. The van der Waals surface area contributed by atoms with Crippen LogP contribution in [0.15, 0.2) is 36.4 Å². The van der Waals surface area contributed by atoms with Crippen molar-refractivity contribution in [3.8, 4) is 11.5 Å². The molecule has 106 valence electrons. The van der Waals surface area contributed by atoms with E-state index < -0.39 is 0 Å². The topological polar surface area (TPSA) is 9.23 Å². The Morgan fingerprint density at radius 3 is 2.50 bits per heavy atom. The van der Waals surface area contributed by atoms with Gasteiger partial charge in [0.2, 0.25) is 0 Å². The Balaban J connectivity index is 2.35. The highest BCUT2D eigenvalue weighted by atomic mass is 19.1. The minimum atomic E-state index is -0.266. The van der Waals surface area contributed by atoms with Crippen LogP contribution in [0.3, 0.4) is 0 Å². The molecule has 0 radical (unpaired) electrons. The molecule has 2 aromatic rings. The molecule has 0 aliphatic rings. The molecule has 0 aromatic heterocycles. The predicted octanol–water partition coefficient (Wildman–Crippen LogP) is 5.43. The lowest BCUT2D eigenvalue weighted by Gasteiger charge is -2.15. The molecule has 0 spiro atoms. The minimum Gasteiger partial charge on any atom is -0.457 e.